The zero-order chi connectivity index (χ0) is 70.2. The number of hydrogen-bond acceptors (Lipinski definition) is 0. The van der Waals surface area contributed by atoms with Gasteiger partial charge in [0, 0.05) is 54.7 Å². The highest BCUT2D eigenvalue weighted by molar-refractivity contribution is 6.23. The quantitative estimate of drug-likeness (QED) is 0.128. The number of hydrogen-bond donors (Lipinski definition) is 0. The molecule has 0 aliphatic rings. The maximum Gasteiger partial charge on any atom is 0.0496 e. The van der Waals surface area contributed by atoms with Crippen LogP contribution in [-0.2, 0) is 11.1 Å². The molecule has 0 saturated carbocycles. The first-order valence-electron chi connectivity index (χ1n) is 36.5. The van der Waals surface area contributed by atoms with Crippen LogP contribution in [0.15, 0.2) is 364 Å². The van der Waals surface area contributed by atoms with Crippen molar-refractivity contribution < 1.29 is 0 Å². The van der Waals surface area contributed by atoms with Gasteiger partial charge in [0.25, 0.3) is 0 Å². The average Bonchev–Trinajstić information content (AvgIpc) is 1.73. The van der Waals surface area contributed by atoms with Crippen LogP contribution in [0.4, 0.5) is 0 Å². The fourth-order valence-electron chi connectivity index (χ4n) is 16.7. The van der Waals surface area contributed by atoms with Crippen LogP contribution in [0.25, 0.3) is 187 Å². The van der Waals surface area contributed by atoms with Gasteiger partial charge in [-0.05, 0) is 221 Å². The Bertz CT molecular complexity index is 6340. The van der Waals surface area contributed by atoms with Gasteiger partial charge >= 0.3 is 0 Å². The molecule has 0 spiro atoms. The van der Waals surface area contributed by atoms with Gasteiger partial charge in [-0.3, -0.25) is 0 Å². The molecular weight excluding hydrogens is 1250 g/mol. The van der Waals surface area contributed by atoms with Crippen molar-refractivity contribution in [2.75, 3.05) is 0 Å². The molecule has 19 rings (SSSR count). The Hall–Kier alpha value is -12.6. The summed E-state index contributed by atoms with van der Waals surface area (Å²) in [6, 6.07) is 134. The highest BCUT2D eigenvalue weighted by atomic mass is 15.1. The van der Waals surface area contributed by atoms with E-state index in [1.54, 1.807) is 0 Å². The van der Waals surface area contributed by atoms with Gasteiger partial charge in [-0.1, -0.05) is 328 Å². The molecule has 0 atom stereocenters. The smallest absolute Gasteiger partial charge is 0.0496 e. The van der Waals surface area contributed by atoms with Crippen LogP contribution in [0, 0.1) is 0 Å². The third-order valence-electron chi connectivity index (χ3n) is 21.3. The van der Waals surface area contributed by atoms with Crippen LogP contribution in [0.1, 0.15) is 41.5 Å². The Morgan fingerprint density at radius 2 is 0.317 bits per heavy atom. The first-order valence-corrected chi connectivity index (χ1v) is 36.5. The van der Waals surface area contributed by atoms with E-state index < -0.39 is 0 Å². The second-order valence-corrected chi connectivity index (χ2v) is 29.8. The van der Waals surface area contributed by atoms with Crippen molar-refractivity contribution in [3.05, 3.63) is 364 Å². The number of rotatable bonds is 9. The molecule has 0 fully saturated rings. The summed E-state index contributed by atoms with van der Waals surface area (Å²) in [5.41, 5.74) is 27.4. The van der Waals surface area contributed by atoms with Gasteiger partial charge in [0.05, 0.1) is 0 Å². The van der Waals surface area contributed by atoms with E-state index in [-0.39, 0.29) is 11.1 Å². The first kappa shape index (κ1) is 63.5. The normalized spacial score (nSPS) is 11.9. The molecule has 19 aromatic rings. The van der Waals surface area contributed by atoms with Gasteiger partial charge in [-0.2, -0.15) is 0 Å². The van der Waals surface area contributed by atoms with Crippen LogP contribution < -0.4 is 0 Å². The lowest BCUT2D eigenvalue weighted by atomic mass is 9.85. The van der Waals surface area contributed by atoms with Crippen LogP contribution >= 0.6 is 0 Å². The number of benzene rings is 17. The second kappa shape index (κ2) is 25.8. The Kier molecular flexibility index (Phi) is 15.7. The fourth-order valence-corrected chi connectivity index (χ4v) is 16.7. The molecule has 0 saturated heterocycles. The third kappa shape index (κ3) is 11.2. The second-order valence-electron chi connectivity index (χ2n) is 29.8. The Morgan fingerprint density at radius 1 is 0.144 bits per heavy atom. The maximum atomic E-state index is 2.47. The predicted molar refractivity (Wildman–Crippen MR) is 448 cm³/mol. The molecule has 0 aliphatic carbocycles. The summed E-state index contributed by atoms with van der Waals surface area (Å²) >= 11 is 0. The van der Waals surface area contributed by atoms with E-state index in [2.05, 4.69) is 415 Å². The highest BCUT2D eigenvalue weighted by Gasteiger charge is 2.24. The number of nitrogens with zero attached hydrogens (tertiary/aromatic N) is 2. The molecular formula is C102H78N2. The van der Waals surface area contributed by atoms with E-state index in [0.717, 1.165) is 0 Å². The van der Waals surface area contributed by atoms with Crippen LogP contribution in [-0.4, -0.2) is 9.13 Å². The third-order valence-corrected chi connectivity index (χ3v) is 21.3. The predicted octanol–water partition coefficient (Wildman–Crippen LogP) is 28.7. The van der Waals surface area contributed by atoms with E-state index in [1.165, 1.54) is 187 Å². The molecule has 0 amide bonds. The van der Waals surface area contributed by atoms with E-state index in [1.807, 2.05) is 0 Å². The van der Waals surface area contributed by atoms with Crippen LogP contribution in [0.5, 0.6) is 0 Å². The summed E-state index contributed by atoms with van der Waals surface area (Å²) in [6.45, 7) is 13.7. The van der Waals surface area contributed by atoms with Gasteiger partial charge in [-0.25, -0.2) is 0 Å². The summed E-state index contributed by atoms with van der Waals surface area (Å²) in [4.78, 5) is 0. The zero-order valence-electron chi connectivity index (χ0n) is 59.5. The molecule has 104 heavy (non-hydrogen) atoms. The zero-order valence-corrected chi connectivity index (χ0v) is 59.5. The minimum atomic E-state index is -0.0143. The summed E-state index contributed by atoms with van der Waals surface area (Å²) < 4.78 is 4.94. The monoisotopic (exact) mass is 1330 g/mol. The standard InChI is InChI=1S/C54H41N.C48H37N/c1-54(2,3)55-50-20-12-11-15-44(50)49-35-43(33-34-51(49)55)40-23-21-38(22-24-40)39-27-31-42(32-28-39)53-47-18-9-7-16-45(47)52(46-17-8-10-19-48(46)53)41-29-25-37(26-30-41)36-13-5-4-6-14-36;1-48(2,3)49-44-20-12-11-15-38(44)43-31-37(29-30-45(43)49)34-23-21-32(22-24-34)33-25-27-36(28-26-33)47-41-18-9-7-16-39(41)46(35-13-5-4-6-14-35)40-17-8-10-19-42(40)47/h4-35H,1-3H3;4-31H,1-3H3. The molecule has 17 aromatic carbocycles. The summed E-state index contributed by atoms with van der Waals surface area (Å²) in [5, 5.41) is 15.4. The minimum Gasteiger partial charge on any atom is -0.335 e. The Labute approximate surface area is 608 Å². The molecule has 2 nitrogen and oxygen atoms in total. The minimum absolute atomic E-state index is 0.00806. The van der Waals surface area contributed by atoms with E-state index in [9.17, 15) is 0 Å². The topological polar surface area (TPSA) is 9.86 Å². The molecule has 2 heterocycles. The van der Waals surface area contributed by atoms with Gasteiger partial charge in [0.2, 0.25) is 0 Å². The summed E-state index contributed by atoms with van der Waals surface area (Å²) in [7, 11) is 0. The number of aromatic nitrogens is 2. The SMILES string of the molecule is CC(C)(C)n1c2ccccc2c2cc(-c3ccc(-c4ccc(-c5c6ccccc6c(-c6ccc(-c7ccccc7)cc6)c6ccccc56)cc4)cc3)ccc21.CC(C)(C)n1c2ccccc2c2cc(-c3ccc(-c4ccc(-c5c6ccccc6c(-c6ccccc6)c6ccccc56)cc4)cc3)ccc21. The largest absolute Gasteiger partial charge is 0.335 e. The molecule has 2 heteroatoms. The van der Waals surface area contributed by atoms with E-state index >= 15 is 0 Å². The lowest BCUT2D eigenvalue weighted by Gasteiger charge is -2.24. The Morgan fingerprint density at radius 3 is 0.577 bits per heavy atom. The van der Waals surface area contributed by atoms with Gasteiger partial charge in [0.1, 0.15) is 0 Å². The average molecular weight is 1330 g/mol. The Balaban J connectivity index is 0.000000149. The van der Waals surface area contributed by atoms with Crippen molar-refractivity contribution in [2.24, 2.45) is 0 Å². The molecule has 496 valence electrons. The number of fused-ring (bicyclic) bond motifs is 10. The van der Waals surface area contributed by atoms with E-state index in [0.29, 0.717) is 0 Å². The van der Waals surface area contributed by atoms with Gasteiger partial charge in [0.15, 0.2) is 0 Å². The van der Waals surface area contributed by atoms with E-state index in [4.69, 9.17) is 0 Å². The van der Waals surface area contributed by atoms with Gasteiger partial charge < -0.3 is 9.13 Å². The van der Waals surface area contributed by atoms with Crippen LogP contribution in [0.2, 0.25) is 0 Å². The first-order chi connectivity index (χ1) is 50.9. The molecule has 0 N–H and O–H groups in total. The van der Waals surface area contributed by atoms with Crippen molar-refractivity contribution in [1.82, 2.24) is 9.13 Å². The molecule has 0 radical (unpaired) electrons. The van der Waals surface area contributed by atoms with Crippen LogP contribution in [0.3, 0.4) is 0 Å². The number of para-hydroxylation sites is 2. The van der Waals surface area contributed by atoms with Crippen molar-refractivity contribution in [2.45, 2.75) is 52.6 Å². The van der Waals surface area contributed by atoms with Crippen molar-refractivity contribution in [1.29, 1.82) is 0 Å². The van der Waals surface area contributed by atoms with Gasteiger partial charge in [-0.15, -0.1) is 0 Å². The van der Waals surface area contributed by atoms with Crippen molar-refractivity contribution >= 4 is 86.7 Å². The summed E-state index contributed by atoms with van der Waals surface area (Å²) in [6.07, 6.45) is 0. The lowest BCUT2D eigenvalue weighted by Crippen LogP contribution is -2.21. The molecule has 2 aromatic heterocycles. The summed E-state index contributed by atoms with van der Waals surface area (Å²) in [5.74, 6) is 0. The maximum absolute atomic E-state index is 2.47. The fraction of sp³-hybridized carbons (Fsp3) is 0.0784. The molecule has 0 bridgehead atoms. The molecule has 0 unspecified atom stereocenters. The van der Waals surface area contributed by atoms with Crippen molar-refractivity contribution in [3.63, 3.8) is 0 Å². The molecule has 0 aliphatic heterocycles. The highest BCUT2D eigenvalue weighted by Crippen LogP contribution is 2.48. The lowest BCUT2D eigenvalue weighted by molar-refractivity contribution is 0.423. The van der Waals surface area contributed by atoms with Crippen molar-refractivity contribution in [3.8, 4) is 100 Å².